The predicted octanol–water partition coefficient (Wildman–Crippen LogP) is 2.16. The number of carbonyl (C=O) groups excluding carboxylic acids is 2. The van der Waals surface area contributed by atoms with Crippen molar-refractivity contribution >= 4 is 11.8 Å². The maximum absolute atomic E-state index is 12.0. The van der Waals surface area contributed by atoms with Crippen molar-refractivity contribution in [2.75, 3.05) is 0 Å². The molecule has 2 N–H and O–H groups in total. The van der Waals surface area contributed by atoms with Crippen LogP contribution in [0.25, 0.3) is 0 Å². The van der Waals surface area contributed by atoms with E-state index in [0.717, 1.165) is 5.56 Å². The van der Waals surface area contributed by atoms with Crippen LogP contribution >= 0.6 is 0 Å². The summed E-state index contributed by atoms with van der Waals surface area (Å²) in [7, 11) is 0. The second kappa shape index (κ2) is 5.88. The molecule has 0 aliphatic heterocycles. The summed E-state index contributed by atoms with van der Waals surface area (Å²) in [5.74, 6) is -0.373. The number of amides is 2. The van der Waals surface area contributed by atoms with Gasteiger partial charge in [0, 0.05) is 12.1 Å². The third-order valence-corrected chi connectivity index (χ3v) is 3.55. The van der Waals surface area contributed by atoms with Crippen molar-refractivity contribution in [2.24, 2.45) is 11.8 Å². The maximum Gasteiger partial charge on any atom is 0.224 e. The Labute approximate surface area is 126 Å². The topological polar surface area (TPSA) is 58.2 Å². The molecule has 0 spiro atoms. The Kier molecular flexibility index (Phi) is 4.35. The van der Waals surface area contributed by atoms with Gasteiger partial charge in [0.25, 0.3) is 0 Å². The summed E-state index contributed by atoms with van der Waals surface area (Å²) < 4.78 is 0. The van der Waals surface area contributed by atoms with Crippen molar-refractivity contribution in [3.8, 4) is 0 Å². The summed E-state index contributed by atoms with van der Waals surface area (Å²) in [5.41, 5.74) is 2.03. The normalized spacial score (nSPS) is 20.8. The zero-order chi connectivity index (χ0) is 15.6. The molecule has 4 nitrogen and oxygen atoms in total. The molecule has 1 saturated carbocycles. The fraction of sp³-hybridized carbons (Fsp3) is 0.529. The van der Waals surface area contributed by atoms with E-state index in [1.165, 1.54) is 5.56 Å². The van der Waals surface area contributed by atoms with Crippen LogP contribution in [0.1, 0.15) is 38.3 Å². The molecule has 0 bridgehead atoms. The van der Waals surface area contributed by atoms with E-state index in [0.29, 0.717) is 13.0 Å². The van der Waals surface area contributed by atoms with Gasteiger partial charge in [0.15, 0.2) is 0 Å². The van der Waals surface area contributed by atoms with Crippen molar-refractivity contribution in [1.82, 2.24) is 10.6 Å². The molecular formula is C17H24N2O2. The monoisotopic (exact) mass is 288 g/mol. The Morgan fingerprint density at radius 3 is 2.24 bits per heavy atom. The molecule has 21 heavy (non-hydrogen) atoms. The largest absolute Gasteiger partial charge is 0.352 e. The number of carbonyl (C=O) groups is 2. The molecule has 2 rings (SSSR count). The lowest BCUT2D eigenvalue weighted by atomic mass is 10.1. The molecule has 1 aliphatic carbocycles. The number of aryl methyl sites for hydroxylation is 1. The Morgan fingerprint density at radius 2 is 1.67 bits per heavy atom. The van der Waals surface area contributed by atoms with Crippen LogP contribution < -0.4 is 10.6 Å². The molecule has 4 heteroatoms. The Bertz CT molecular complexity index is 529. The summed E-state index contributed by atoms with van der Waals surface area (Å²) in [6, 6.07) is 8.06. The number of hydrogen-bond acceptors (Lipinski definition) is 2. The zero-order valence-electron chi connectivity index (χ0n) is 13.2. The van der Waals surface area contributed by atoms with Gasteiger partial charge in [0.1, 0.15) is 0 Å². The van der Waals surface area contributed by atoms with Gasteiger partial charge in [-0.25, -0.2) is 0 Å². The molecule has 114 valence electrons. The third-order valence-electron chi connectivity index (χ3n) is 3.55. The highest BCUT2D eigenvalue weighted by Gasteiger charge is 2.48. The molecule has 1 aromatic rings. The molecule has 2 unspecified atom stereocenters. The summed E-state index contributed by atoms with van der Waals surface area (Å²) in [6.45, 7) is 8.38. The van der Waals surface area contributed by atoms with Crippen molar-refractivity contribution in [3.63, 3.8) is 0 Å². The molecule has 1 fully saturated rings. The first-order valence-corrected chi connectivity index (χ1v) is 7.41. The highest BCUT2D eigenvalue weighted by molar-refractivity contribution is 5.92. The van der Waals surface area contributed by atoms with Gasteiger partial charge in [-0.3, -0.25) is 9.59 Å². The highest BCUT2D eigenvalue weighted by Crippen LogP contribution is 2.39. The van der Waals surface area contributed by atoms with Gasteiger partial charge >= 0.3 is 0 Å². The average Bonchev–Trinajstić information content (AvgIpc) is 3.16. The molecule has 2 atom stereocenters. The maximum atomic E-state index is 12.0. The first-order valence-electron chi connectivity index (χ1n) is 7.41. The van der Waals surface area contributed by atoms with E-state index < -0.39 is 0 Å². The molecular weight excluding hydrogens is 264 g/mol. The predicted molar refractivity (Wildman–Crippen MR) is 82.5 cm³/mol. The Morgan fingerprint density at radius 1 is 1.10 bits per heavy atom. The smallest absolute Gasteiger partial charge is 0.224 e. The van der Waals surface area contributed by atoms with Crippen LogP contribution in [-0.4, -0.2) is 17.4 Å². The van der Waals surface area contributed by atoms with Crippen LogP contribution in [0, 0.1) is 18.8 Å². The first-order chi connectivity index (χ1) is 9.76. The summed E-state index contributed by atoms with van der Waals surface area (Å²) >= 11 is 0. The second-order valence-corrected chi connectivity index (χ2v) is 6.89. The van der Waals surface area contributed by atoms with E-state index >= 15 is 0 Å². The van der Waals surface area contributed by atoms with Gasteiger partial charge in [0.05, 0.1) is 11.8 Å². The van der Waals surface area contributed by atoms with Gasteiger partial charge in [-0.1, -0.05) is 29.8 Å². The fourth-order valence-corrected chi connectivity index (χ4v) is 2.26. The van der Waals surface area contributed by atoms with Crippen LogP contribution in [0.5, 0.6) is 0 Å². The molecule has 0 heterocycles. The van der Waals surface area contributed by atoms with Crippen molar-refractivity contribution in [2.45, 2.75) is 46.2 Å². The quantitative estimate of drug-likeness (QED) is 0.892. The highest BCUT2D eigenvalue weighted by atomic mass is 16.2. The van der Waals surface area contributed by atoms with Crippen molar-refractivity contribution in [1.29, 1.82) is 0 Å². The van der Waals surface area contributed by atoms with Crippen LogP contribution in [-0.2, 0) is 16.1 Å². The fourth-order valence-electron chi connectivity index (χ4n) is 2.26. The second-order valence-electron chi connectivity index (χ2n) is 6.89. The number of benzene rings is 1. The molecule has 1 aliphatic rings. The van der Waals surface area contributed by atoms with Crippen molar-refractivity contribution < 1.29 is 9.59 Å². The molecule has 2 amide bonds. The zero-order valence-corrected chi connectivity index (χ0v) is 13.2. The average molecular weight is 288 g/mol. The Balaban J connectivity index is 1.78. The van der Waals surface area contributed by atoms with Gasteiger partial charge in [-0.2, -0.15) is 0 Å². The van der Waals surface area contributed by atoms with E-state index in [2.05, 4.69) is 10.6 Å². The SMILES string of the molecule is Cc1ccc(CNC(=O)C2CC2C(=O)NC(C)(C)C)cc1. The summed E-state index contributed by atoms with van der Waals surface area (Å²) in [6.07, 6.45) is 0.654. The van der Waals surface area contributed by atoms with Crippen LogP contribution in [0.2, 0.25) is 0 Å². The minimum absolute atomic E-state index is 0.0158. The van der Waals surface area contributed by atoms with Crippen LogP contribution in [0.15, 0.2) is 24.3 Å². The molecule has 0 aromatic heterocycles. The lowest BCUT2D eigenvalue weighted by Gasteiger charge is -2.20. The van der Waals surface area contributed by atoms with Gasteiger partial charge < -0.3 is 10.6 Å². The molecule has 0 saturated heterocycles. The van der Waals surface area contributed by atoms with E-state index in [1.54, 1.807) is 0 Å². The van der Waals surface area contributed by atoms with Crippen LogP contribution in [0.3, 0.4) is 0 Å². The minimum Gasteiger partial charge on any atom is -0.352 e. The van der Waals surface area contributed by atoms with E-state index in [1.807, 2.05) is 52.0 Å². The number of rotatable bonds is 4. The summed E-state index contributed by atoms with van der Waals surface area (Å²) in [4.78, 5) is 24.0. The minimum atomic E-state index is -0.247. The lowest BCUT2D eigenvalue weighted by Crippen LogP contribution is -2.42. The van der Waals surface area contributed by atoms with Crippen LogP contribution in [0.4, 0.5) is 0 Å². The van der Waals surface area contributed by atoms with E-state index in [4.69, 9.17) is 0 Å². The Hall–Kier alpha value is -1.84. The van der Waals surface area contributed by atoms with E-state index in [-0.39, 0.29) is 29.2 Å². The van der Waals surface area contributed by atoms with Gasteiger partial charge in [-0.15, -0.1) is 0 Å². The van der Waals surface area contributed by atoms with E-state index in [9.17, 15) is 9.59 Å². The number of hydrogen-bond donors (Lipinski definition) is 2. The summed E-state index contributed by atoms with van der Waals surface area (Å²) in [5, 5.41) is 5.84. The number of nitrogens with one attached hydrogen (secondary N) is 2. The third kappa shape index (κ3) is 4.59. The van der Waals surface area contributed by atoms with Gasteiger partial charge in [-0.05, 0) is 39.7 Å². The first kappa shape index (κ1) is 15.5. The van der Waals surface area contributed by atoms with Crippen molar-refractivity contribution in [3.05, 3.63) is 35.4 Å². The molecule has 0 radical (unpaired) electrons. The molecule has 1 aromatic carbocycles. The lowest BCUT2D eigenvalue weighted by molar-refractivity contribution is -0.128. The standard InChI is InChI=1S/C17H24N2O2/c1-11-5-7-12(8-6-11)10-18-15(20)13-9-14(13)16(21)19-17(2,3)4/h5-8,13-14H,9-10H2,1-4H3,(H,18,20)(H,19,21). The van der Waals surface area contributed by atoms with Gasteiger partial charge in [0.2, 0.25) is 11.8 Å².